The van der Waals surface area contributed by atoms with Gasteiger partial charge in [0.2, 0.25) is 53.2 Å². The van der Waals surface area contributed by atoms with Gasteiger partial charge in [0.25, 0.3) is 0 Å². The molecule has 0 aliphatic carbocycles. The lowest BCUT2D eigenvalue weighted by Gasteiger charge is -2.30. The number of likely N-dealkylation sites (tertiary alicyclic amines) is 1. The summed E-state index contributed by atoms with van der Waals surface area (Å²) in [6.07, 6.45) is -1.38. The van der Waals surface area contributed by atoms with Crippen molar-refractivity contribution in [3.63, 3.8) is 0 Å². The van der Waals surface area contributed by atoms with Crippen LogP contribution < -0.4 is 60.6 Å². The van der Waals surface area contributed by atoms with Gasteiger partial charge in [0.15, 0.2) is 5.96 Å². The maximum Gasteiger partial charge on any atom is 0.326 e. The van der Waals surface area contributed by atoms with Crippen LogP contribution in [0.3, 0.4) is 0 Å². The van der Waals surface area contributed by atoms with Crippen LogP contribution in [0, 0.1) is 0 Å². The first-order valence-electron chi connectivity index (χ1n) is 22.5. The summed E-state index contributed by atoms with van der Waals surface area (Å²) in [6.45, 7) is 0.109. The highest BCUT2D eigenvalue weighted by molar-refractivity contribution is 8.76. The summed E-state index contributed by atoms with van der Waals surface area (Å²) in [5, 5.41) is 34.9. The fraction of sp³-hybridized carbons (Fsp3) is 0.477. The quantitative estimate of drug-likeness (QED) is 0.0312. The van der Waals surface area contributed by atoms with Gasteiger partial charge in [0.1, 0.15) is 48.0 Å². The Morgan fingerprint density at radius 1 is 0.732 bits per heavy atom. The van der Waals surface area contributed by atoms with Gasteiger partial charge in [-0.3, -0.25) is 48.1 Å². The summed E-state index contributed by atoms with van der Waals surface area (Å²) >= 11 is 0. The Labute approximate surface area is 416 Å². The fourth-order valence-electron chi connectivity index (χ4n) is 7.49. The van der Waals surface area contributed by atoms with Crippen molar-refractivity contribution in [2.45, 2.75) is 106 Å². The highest BCUT2D eigenvalue weighted by Gasteiger charge is 2.40. The first-order chi connectivity index (χ1) is 33.7. The molecule has 9 amide bonds. The van der Waals surface area contributed by atoms with E-state index >= 15 is 0 Å². The van der Waals surface area contributed by atoms with Crippen molar-refractivity contribution < 1.29 is 58.2 Å². The second-order valence-electron chi connectivity index (χ2n) is 16.8. The van der Waals surface area contributed by atoms with E-state index in [1.807, 2.05) is 0 Å². The van der Waals surface area contributed by atoms with Crippen LogP contribution in [0.4, 0.5) is 0 Å². The zero-order chi connectivity index (χ0) is 52.2. The van der Waals surface area contributed by atoms with Crippen LogP contribution in [0.15, 0.2) is 59.6 Å². The number of carbonyl (C=O) groups excluding carboxylic acids is 9. The number of aliphatic carboxylic acids is 1. The molecule has 0 spiro atoms. The molecule has 2 aromatic carbocycles. The minimum atomic E-state index is -1.78. The van der Waals surface area contributed by atoms with E-state index in [0.717, 1.165) is 21.6 Å². The van der Waals surface area contributed by atoms with Gasteiger partial charge < -0.3 is 75.7 Å². The molecule has 2 aliphatic heterocycles. The van der Waals surface area contributed by atoms with Crippen LogP contribution >= 0.6 is 21.6 Å². The van der Waals surface area contributed by atoms with Gasteiger partial charge in [0, 0.05) is 43.9 Å². The number of hydrogen-bond donors (Lipinski definition) is 13. The van der Waals surface area contributed by atoms with Crippen molar-refractivity contribution in [1.82, 2.24) is 36.8 Å². The molecule has 4 rings (SSSR count). The van der Waals surface area contributed by atoms with Gasteiger partial charge >= 0.3 is 5.97 Å². The molecule has 0 bridgehead atoms. The molecule has 25 nitrogen and oxygen atoms in total. The van der Waals surface area contributed by atoms with Gasteiger partial charge in [-0.05, 0) is 55.4 Å². The normalized spacial score (nSPS) is 23.3. The predicted molar refractivity (Wildman–Crippen MR) is 261 cm³/mol. The minimum Gasteiger partial charge on any atom is -0.508 e. The Balaban J connectivity index is 1.70. The largest absolute Gasteiger partial charge is 0.508 e. The van der Waals surface area contributed by atoms with E-state index < -0.39 is 127 Å². The Morgan fingerprint density at radius 3 is 1.90 bits per heavy atom. The molecule has 71 heavy (non-hydrogen) atoms. The highest BCUT2D eigenvalue weighted by Crippen LogP contribution is 2.26. The molecule has 18 N–H and O–H groups in total. The van der Waals surface area contributed by atoms with Crippen LogP contribution in [0.2, 0.25) is 0 Å². The first-order valence-corrected chi connectivity index (χ1v) is 25.0. The van der Waals surface area contributed by atoms with Crippen LogP contribution in [-0.4, -0.2) is 153 Å². The van der Waals surface area contributed by atoms with Crippen molar-refractivity contribution in [3.8, 4) is 5.75 Å². The summed E-state index contributed by atoms with van der Waals surface area (Å²) < 4.78 is 0. The SMILES string of the molecule is NC(=O)CC[C@H]1NC(=O)[C@H](Cc2ccccc2)NC(=O)[C@@H](Cc2ccc(O)cc2)NC(=O)[C@H](N)CSSC[C@@H](C(=O)N2CCC[C@@H]2C(=O)N[C@@H](CCCN=C(N)N)C(=O)O)NC(=O)[C@H](CC(N)=O)NC1=O. The number of nitrogens with one attached hydrogen (secondary N) is 6. The van der Waals surface area contributed by atoms with E-state index in [1.165, 1.54) is 29.2 Å². The number of benzene rings is 2. The summed E-state index contributed by atoms with van der Waals surface area (Å²) in [6, 6.07) is 2.78. The van der Waals surface area contributed by atoms with E-state index in [4.69, 9.17) is 28.7 Å². The Morgan fingerprint density at radius 2 is 1.30 bits per heavy atom. The lowest BCUT2D eigenvalue weighted by molar-refractivity contribution is -0.145. The summed E-state index contributed by atoms with van der Waals surface area (Å²) in [7, 11) is 2.00. The lowest BCUT2D eigenvalue weighted by atomic mass is 10.0. The molecule has 2 aromatic rings. The lowest BCUT2D eigenvalue weighted by Crippen LogP contribution is -2.61. The topological polar surface area (TPSA) is 429 Å². The van der Waals surface area contributed by atoms with Crippen LogP contribution in [-0.2, 0) is 60.8 Å². The number of amides is 9. The number of nitrogens with two attached hydrogens (primary N) is 5. The van der Waals surface area contributed by atoms with Crippen LogP contribution in [0.1, 0.15) is 56.1 Å². The van der Waals surface area contributed by atoms with Crippen molar-refractivity contribution in [2.24, 2.45) is 33.7 Å². The number of rotatable bonds is 17. The van der Waals surface area contributed by atoms with Gasteiger partial charge in [-0.25, -0.2) is 4.79 Å². The zero-order valence-corrected chi connectivity index (χ0v) is 40.2. The third-order valence-corrected chi connectivity index (χ3v) is 13.6. The number of phenolic OH excluding ortho intramolecular Hbond substituents is 1. The molecule has 2 saturated heterocycles. The average molecular weight is 1030 g/mol. The van der Waals surface area contributed by atoms with Gasteiger partial charge in [-0.2, -0.15) is 0 Å². The second-order valence-corrected chi connectivity index (χ2v) is 19.3. The number of hydrogen-bond acceptors (Lipinski definition) is 15. The van der Waals surface area contributed by atoms with Crippen molar-refractivity contribution in [1.29, 1.82) is 0 Å². The molecule has 0 radical (unpaired) electrons. The van der Waals surface area contributed by atoms with E-state index in [0.29, 0.717) is 17.5 Å². The Bertz CT molecular complexity index is 2270. The Hall–Kier alpha value is -7.13. The number of carboxylic acids is 1. The fourth-order valence-corrected chi connectivity index (χ4v) is 9.77. The molecule has 2 heterocycles. The van der Waals surface area contributed by atoms with E-state index in [1.54, 1.807) is 30.3 Å². The number of aromatic hydroxyl groups is 1. The standard InChI is InChI=1S/C44H61N13O12S2/c45-26-21-70-71-22-32(42(67)57-17-5-9-33(57)41(66)52-28(43(68)69)8-4-16-50-44(48)49)56-40(65)31(20-35(47)60)55-37(62)27(14-15-34(46)59)51-38(63)30(18-23-6-2-1-3-7-23)54-39(64)29(53-36(26)61)19-24-10-12-25(58)13-11-24/h1-3,6-7,10-13,26-33,58H,4-5,8-9,14-22,45H2,(H2,46,59)(H2,47,60)(H,51,63)(H,52,66)(H,53,61)(H,54,64)(H,55,62)(H,56,65)(H,68,69)(H4,48,49,50)/t26-,27-,28+,29-,30+,31+,32+,33-/m1/s1. The highest BCUT2D eigenvalue weighted by atomic mass is 33.1. The summed E-state index contributed by atoms with van der Waals surface area (Å²) in [5.41, 5.74) is 29.0. The molecular weight excluding hydrogens is 967 g/mol. The predicted octanol–water partition coefficient (Wildman–Crippen LogP) is -3.92. The Kier molecular flexibility index (Phi) is 22.2. The molecule has 0 aromatic heterocycles. The van der Waals surface area contributed by atoms with Crippen molar-refractivity contribution in [2.75, 3.05) is 24.6 Å². The molecule has 0 unspecified atom stereocenters. The number of phenols is 1. The van der Waals surface area contributed by atoms with Crippen LogP contribution in [0.25, 0.3) is 0 Å². The molecule has 2 aliphatic rings. The number of nitrogens with zero attached hydrogens (tertiary/aromatic N) is 2. The number of primary amides is 2. The van der Waals surface area contributed by atoms with Crippen molar-refractivity contribution >= 4 is 86.7 Å². The molecule has 386 valence electrons. The number of carbonyl (C=O) groups is 10. The maximum atomic E-state index is 14.4. The number of aliphatic imine (C=N–C) groups is 1. The maximum absolute atomic E-state index is 14.4. The summed E-state index contributed by atoms with van der Waals surface area (Å²) in [5.74, 6) is -10.2. The molecule has 0 saturated carbocycles. The van der Waals surface area contributed by atoms with E-state index in [9.17, 15) is 58.2 Å². The average Bonchev–Trinajstić information content (AvgIpc) is 3.82. The minimum absolute atomic E-state index is 0.0151. The van der Waals surface area contributed by atoms with Crippen LogP contribution in [0.5, 0.6) is 5.75 Å². The van der Waals surface area contributed by atoms with Gasteiger partial charge in [-0.1, -0.05) is 64.1 Å². The van der Waals surface area contributed by atoms with E-state index in [-0.39, 0.29) is 68.4 Å². The monoisotopic (exact) mass is 1030 g/mol. The van der Waals surface area contributed by atoms with Gasteiger partial charge in [0.05, 0.1) is 12.5 Å². The molecular formula is C44H61N13O12S2. The summed E-state index contributed by atoms with van der Waals surface area (Å²) in [4.78, 5) is 140. The second kappa shape index (κ2) is 27.9. The van der Waals surface area contributed by atoms with Gasteiger partial charge in [-0.15, -0.1) is 0 Å². The smallest absolute Gasteiger partial charge is 0.326 e. The third kappa shape index (κ3) is 18.6. The van der Waals surface area contributed by atoms with E-state index in [2.05, 4.69) is 36.9 Å². The third-order valence-electron chi connectivity index (χ3n) is 11.2. The zero-order valence-electron chi connectivity index (χ0n) is 38.6. The first kappa shape index (κ1) is 56.5. The molecule has 8 atom stereocenters. The van der Waals surface area contributed by atoms with Crippen molar-refractivity contribution in [3.05, 3.63) is 65.7 Å². The number of guanidine groups is 1. The molecule has 27 heteroatoms. The molecule has 2 fully saturated rings. The number of carboxylic acid groups (broad SMARTS) is 1.